The van der Waals surface area contributed by atoms with E-state index in [0.29, 0.717) is 13.0 Å². The summed E-state index contributed by atoms with van der Waals surface area (Å²) in [4.78, 5) is 2.37. The van der Waals surface area contributed by atoms with E-state index in [1.807, 2.05) is 24.3 Å². The van der Waals surface area contributed by atoms with Gasteiger partial charge in [-0.3, -0.25) is 4.90 Å². The highest BCUT2D eigenvalue weighted by Gasteiger charge is 2.26. The Morgan fingerprint density at radius 3 is 2.58 bits per heavy atom. The van der Waals surface area contributed by atoms with Gasteiger partial charge in [0.2, 0.25) is 10.0 Å². The molecule has 2 heterocycles. The Morgan fingerprint density at radius 2 is 1.96 bits per heavy atom. The zero-order chi connectivity index (χ0) is 18.4. The van der Waals surface area contributed by atoms with Crippen LogP contribution in [0.4, 0.5) is 0 Å². The molecular weight excluding hydrogens is 352 g/mol. The number of benzene rings is 1. The largest absolute Gasteiger partial charge is 0.497 e. The smallest absolute Gasteiger partial charge is 0.211 e. The van der Waals surface area contributed by atoms with E-state index in [1.165, 1.54) is 12.8 Å². The molecule has 0 bridgehead atoms. The highest BCUT2D eigenvalue weighted by molar-refractivity contribution is 7.89. The molecule has 2 atom stereocenters. The summed E-state index contributed by atoms with van der Waals surface area (Å²) >= 11 is 0. The summed E-state index contributed by atoms with van der Waals surface area (Å²) in [6.07, 6.45) is 5.01. The zero-order valence-electron chi connectivity index (χ0n) is 15.5. The van der Waals surface area contributed by atoms with Crippen molar-refractivity contribution in [1.82, 2.24) is 9.62 Å². The summed E-state index contributed by atoms with van der Waals surface area (Å²) in [6.45, 7) is 3.18. The second kappa shape index (κ2) is 9.17. The van der Waals surface area contributed by atoms with E-state index in [9.17, 15) is 8.42 Å². The highest BCUT2D eigenvalue weighted by Crippen LogP contribution is 2.26. The molecule has 0 spiro atoms. The third-order valence-corrected chi connectivity index (χ3v) is 6.69. The van der Waals surface area contributed by atoms with Crippen molar-refractivity contribution in [3.05, 3.63) is 29.8 Å². The molecule has 0 aliphatic carbocycles. The molecule has 146 valence electrons. The molecule has 2 aliphatic heterocycles. The molecule has 6 nitrogen and oxygen atoms in total. The van der Waals surface area contributed by atoms with E-state index in [4.69, 9.17) is 9.47 Å². The van der Waals surface area contributed by atoms with Crippen LogP contribution in [0.1, 0.15) is 43.7 Å². The van der Waals surface area contributed by atoms with Crippen molar-refractivity contribution in [1.29, 1.82) is 0 Å². The third-order valence-electron chi connectivity index (χ3n) is 5.31. The van der Waals surface area contributed by atoms with Crippen molar-refractivity contribution in [2.24, 2.45) is 0 Å². The Bertz CT molecular complexity index is 651. The fraction of sp³-hybridized carbons (Fsp3) is 0.684. The first-order valence-corrected chi connectivity index (χ1v) is 11.2. The second-order valence-corrected chi connectivity index (χ2v) is 9.05. The van der Waals surface area contributed by atoms with E-state index < -0.39 is 10.0 Å². The number of nitrogens with one attached hydrogen (secondary N) is 1. The first-order chi connectivity index (χ1) is 12.6. The normalized spacial score (nSPS) is 22.6. The lowest BCUT2D eigenvalue weighted by Gasteiger charge is -2.28. The monoisotopic (exact) mass is 382 g/mol. The Hall–Kier alpha value is -1.15. The number of hydrogen-bond donors (Lipinski definition) is 1. The lowest BCUT2D eigenvalue weighted by atomic mass is 10.1. The summed E-state index contributed by atoms with van der Waals surface area (Å²) in [6, 6.07) is 7.99. The molecule has 2 unspecified atom stereocenters. The molecule has 3 rings (SSSR count). The fourth-order valence-electron chi connectivity index (χ4n) is 3.77. The van der Waals surface area contributed by atoms with Crippen molar-refractivity contribution in [3.8, 4) is 5.75 Å². The maximum atomic E-state index is 12.4. The molecule has 26 heavy (non-hydrogen) atoms. The zero-order valence-corrected chi connectivity index (χ0v) is 16.3. The van der Waals surface area contributed by atoms with Crippen LogP contribution in [0.15, 0.2) is 24.3 Å². The highest BCUT2D eigenvalue weighted by atomic mass is 32.2. The molecule has 2 fully saturated rings. The van der Waals surface area contributed by atoms with Gasteiger partial charge in [-0.2, -0.15) is 0 Å². The molecule has 0 aromatic heterocycles. The van der Waals surface area contributed by atoms with Crippen LogP contribution in [0, 0.1) is 0 Å². The number of sulfonamides is 1. The first-order valence-electron chi connectivity index (χ1n) is 9.54. The fourth-order valence-corrected chi connectivity index (χ4v) is 4.90. The third kappa shape index (κ3) is 5.42. The van der Waals surface area contributed by atoms with Crippen molar-refractivity contribution < 1.29 is 17.9 Å². The van der Waals surface area contributed by atoms with Crippen LogP contribution in [-0.4, -0.2) is 58.5 Å². The predicted molar refractivity (Wildman–Crippen MR) is 102 cm³/mol. The summed E-state index contributed by atoms with van der Waals surface area (Å²) < 4.78 is 38.5. The van der Waals surface area contributed by atoms with Gasteiger partial charge in [-0.25, -0.2) is 13.1 Å². The Morgan fingerprint density at radius 1 is 1.23 bits per heavy atom. The van der Waals surface area contributed by atoms with Gasteiger partial charge >= 0.3 is 0 Å². The van der Waals surface area contributed by atoms with Crippen molar-refractivity contribution >= 4 is 10.0 Å². The van der Waals surface area contributed by atoms with Gasteiger partial charge in [0.15, 0.2) is 0 Å². The van der Waals surface area contributed by atoms with Crippen molar-refractivity contribution in [2.75, 3.05) is 39.1 Å². The van der Waals surface area contributed by atoms with Gasteiger partial charge in [0.05, 0.1) is 19.0 Å². The Labute approximate surface area is 156 Å². The predicted octanol–water partition coefficient (Wildman–Crippen LogP) is 2.32. The summed E-state index contributed by atoms with van der Waals surface area (Å²) in [5, 5.41) is 0. The minimum atomic E-state index is -3.30. The standard InChI is InChI=1S/C19H30N2O4S/c1-24-17-8-6-16(7-9-17)19(21-11-2-3-12-21)15-20-26(22,23)14-10-18-5-4-13-25-18/h6-9,18-20H,2-5,10-15H2,1H3. The number of ether oxygens (including phenoxy) is 2. The molecule has 1 aromatic rings. The van der Waals surface area contributed by atoms with E-state index in [0.717, 1.165) is 43.9 Å². The number of nitrogens with zero attached hydrogens (tertiary/aromatic N) is 1. The van der Waals surface area contributed by atoms with Crippen LogP contribution >= 0.6 is 0 Å². The lowest BCUT2D eigenvalue weighted by Crippen LogP contribution is -2.38. The minimum absolute atomic E-state index is 0.0564. The van der Waals surface area contributed by atoms with Crippen LogP contribution in [-0.2, 0) is 14.8 Å². The van der Waals surface area contributed by atoms with Gasteiger partial charge < -0.3 is 9.47 Å². The second-order valence-electron chi connectivity index (χ2n) is 7.12. The molecule has 2 saturated heterocycles. The molecule has 0 amide bonds. The minimum Gasteiger partial charge on any atom is -0.497 e. The average molecular weight is 383 g/mol. The Kier molecular flexibility index (Phi) is 6.92. The van der Waals surface area contributed by atoms with Crippen LogP contribution in [0.25, 0.3) is 0 Å². The summed E-state index contributed by atoms with van der Waals surface area (Å²) in [7, 11) is -1.65. The van der Waals surface area contributed by atoms with Crippen molar-refractivity contribution in [2.45, 2.75) is 44.2 Å². The Balaban J connectivity index is 1.61. The number of likely N-dealkylation sites (tertiary alicyclic amines) is 1. The molecular formula is C19H30N2O4S. The van der Waals surface area contributed by atoms with Gasteiger partial charge in [-0.1, -0.05) is 12.1 Å². The number of rotatable bonds is 9. The van der Waals surface area contributed by atoms with E-state index >= 15 is 0 Å². The molecule has 1 N–H and O–H groups in total. The van der Waals surface area contributed by atoms with Gasteiger partial charge in [0.25, 0.3) is 0 Å². The van der Waals surface area contributed by atoms with Crippen LogP contribution in [0.3, 0.4) is 0 Å². The molecule has 1 aromatic carbocycles. The topological polar surface area (TPSA) is 67.9 Å². The molecule has 0 saturated carbocycles. The lowest BCUT2D eigenvalue weighted by molar-refractivity contribution is 0.108. The number of methoxy groups -OCH3 is 1. The van der Waals surface area contributed by atoms with Crippen LogP contribution in [0.5, 0.6) is 5.75 Å². The molecule has 7 heteroatoms. The van der Waals surface area contributed by atoms with Crippen LogP contribution in [0.2, 0.25) is 0 Å². The van der Waals surface area contributed by atoms with E-state index in [-0.39, 0.29) is 17.9 Å². The summed E-state index contributed by atoms with van der Waals surface area (Å²) in [5.41, 5.74) is 1.12. The van der Waals surface area contributed by atoms with E-state index in [2.05, 4.69) is 9.62 Å². The SMILES string of the molecule is COc1ccc(C(CNS(=O)(=O)CCC2CCCO2)N2CCCC2)cc1. The van der Waals surface area contributed by atoms with Gasteiger partial charge in [0.1, 0.15) is 5.75 Å². The van der Waals surface area contributed by atoms with Gasteiger partial charge in [0, 0.05) is 19.2 Å². The number of hydrogen-bond acceptors (Lipinski definition) is 5. The van der Waals surface area contributed by atoms with E-state index in [1.54, 1.807) is 7.11 Å². The van der Waals surface area contributed by atoms with Gasteiger partial charge in [-0.05, 0) is 62.9 Å². The quantitative estimate of drug-likeness (QED) is 0.710. The molecule has 0 radical (unpaired) electrons. The maximum Gasteiger partial charge on any atom is 0.211 e. The molecule has 2 aliphatic rings. The maximum absolute atomic E-state index is 12.4. The average Bonchev–Trinajstić information content (AvgIpc) is 3.35. The van der Waals surface area contributed by atoms with Gasteiger partial charge in [-0.15, -0.1) is 0 Å². The first kappa shape index (κ1) is 19.6. The van der Waals surface area contributed by atoms with Crippen molar-refractivity contribution in [3.63, 3.8) is 0 Å². The summed E-state index contributed by atoms with van der Waals surface area (Å²) in [5.74, 6) is 0.943. The van der Waals surface area contributed by atoms with Crippen LogP contribution < -0.4 is 9.46 Å².